The van der Waals surface area contributed by atoms with E-state index in [1.165, 1.54) is 6.07 Å². The van der Waals surface area contributed by atoms with Crippen LogP contribution in [-0.2, 0) is 19.9 Å². The normalized spacial score (nSPS) is 31.4. The fraction of sp³-hybridized carbons (Fsp3) is 0.417. The number of halogens is 3. The summed E-state index contributed by atoms with van der Waals surface area (Å²) < 4.78 is 20.9. The molecule has 3 fully saturated rings. The topological polar surface area (TPSA) is 58.6 Å². The van der Waals surface area contributed by atoms with Crippen molar-refractivity contribution in [2.75, 3.05) is 18.5 Å². The summed E-state index contributed by atoms with van der Waals surface area (Å²) in [5.74, 6) is -2.25. The Morgan fingerprint density at radius 1 is 1.16 bits per heavy atom. The molecule has 5 nitrogen and oxygen atoms in total. The smallest absolute Gasteiger partial charge is 0.311 e. The molecule has 1 aliphatic carbocycles. The maximum Gasteiger partial charge on any atom is 0.311 e. The summed E-state index contributed by atoms with van der Waals surface area (Å²) in [4.78, 5) is 29.2. The summed E-state index contributed by atoms with van der Waals surface area (Å²) in [5.41, 5.74) is 0.344. The van der Waals surface area contributed by atoms with Gasteiger partial charge in [0.05, 0.1) is 17.5 Å². The second-order valence-electron chi connectivity index (χ2n) is 9.18. The Labute approximate surface area is 194 Å². The van der Waals surface area contributed by atoms with Crippen molar-refractivity contribution in [3.8, 4) is 0 Å². The van der Waals surface area contributed by atoms with Gasteiger partial charge in [0.1, 0.15) is 11.4 Å². The molecule has 4 atom stereocenters. The zero-order valence-corrected chi connectivity index (χ0v) is 18.6. The monoisotopic (exact) mass is 474 g/mol. The van der Waals surface area contributed by atoms with E-state index in [1.807, 2.05) is 6.07 Å². The molecule has 0 bridgehead atoms. The molecule has 1 N–H and O–H groups in total. The average molecular weight is 475 g/mol. The number of fused-ring (bicyclic) bond motifs is 3. The molecule has 2 aromatic carbocycles. The van der Waals surface area contributed by atoms with Crippen molar-refractivity contribution in [2.45, 2.75) is 36.8 Å². The minimum Gasteiger partial charge on any atom is -0.465 e. The minimum absolute atomic E-state index is 0.0336. The largest absolute Gasteiger partial charge is 0.465 e. The summed E-state index contributed by atoms with van der Waals surface area (Å²) >= 11 is 12.4. The Morgan fingerprint density at radius 3 is 2.75 bits per heavy atom. The summed E-state index contributed by atoms with van der Waals surface area (Å²) in [7, 11) is 0. The fourth-order valence-electron chi connectivity index (χ4n) is 6.04. The molecule has 3 aliphatic heterocycles. The first-order chi connectivity index (χ1) is 15.4. The Bertz CT molecular complexity index is 1150. The number of esters is 1. The van der Waals surface area contributed by atoms with Gasteiger partial charge in [-0.15, -0.1) is 0 Å². The van der Waals surface area contributed by atoms with E-state index in [1.54, 1.807) is 24.3 Å². The van der Waals surface area contributed by atoms with Crippen LogP contribution in [0.4, 0.5) is 10.1 Å². The number of cyclic esters (lactones) is 1. The van der Waals surface area contributed by atoms with Crippen molar-refractivity contribution in [2.24, 2.45) is 11.8 Å². The highest BCUT2D eigenvalue weighted by Gasteiger charge is 2.69. The van der Waals surface area contributed by atoms with Crippen LogP contribution >= 0.6 is 23.2 Å². The van der Waals surface area contributed by atoms with Gasteiger partial charge in [-0.2, -0.15) is 0 Å². The predicted molar refractivity (Wildman–Crippen MR) is 118 cm³/mol. The average Bonchev–Trinajstić information content (AvgIpc) is 3.47. The van der Waals surface area contributed by atoms with Crippen molar-refractivity contribution < 1.29 is 18.7 Å². The van der Waals surface area contributed by atoms with Gasteiger partial charge < -0.3 is 10.1 Å². The van der Waals surface area contributed by atoms with E-state index in [-0.39, 0.29) is 29.1 Å². The number of nitrogens with zero attached hydrogens (tertiary/aromatic N) is 1. The van der Waals surface area contributed by atoms with Gasteiger partial charge in [-0.3, -0.25) is 14.5 Å². The van der Waals surface area contributed by atoms with Gasteiger partial charge >= 0.3 is 5.97 Å². The highest BCUT2D eigenvalue weighted by Crippen LogP contribution is 2.62. The third-order valence-corrected chi connectivity index (χ3v) is 7.99. The molecule has 1 spiro atoms. The molecule has 166 valence electrons. The molecule has 0 radical (unpaired) electrons. The van der Waals surface area contributed by atoms with E-state index in [0.717, 1.165) is 18.4 Å². The molecule has 4 aliphatic rings. The molecule has 32 heavy (non-hydrogen) atoms. The fourth-order valence-corrected chi connectivity index (χ4v) is 6.40. The second-order valence-corrected chi connectivity index (χ2v) is 10.0. The van der Waals surface area contributed by atoms with Crippen LogP contribution in [0.15, 0.2) is 36.4 Å². The van der Waals surface area contributed by atoms with Crippen LogP contribution in [0.25, 0.3) is 0 Å². The standard InChI is InChI=1S/C24H21Cl2FN2O3/c25-13-6-7-15-17(10-13)28-23(31)24(15)20(14-2-1-3-16(26)21(14)27)19-18(8-9-32-22(19)30)29(24)11-12-4-5-12/h1-3,6-7,10,12,18-20H,4-5,8-9,11H2,(H,28,31)/t18-,19+,20-,24+/m0/s1. The maximum absolute atomic E-state index is 15.5. The number of carbonyl (C=O) groups excluding carboxylic acids is 2. The van der Waals surface area contributed by atoms with Crippen molar-refractivity contribution in [3.63, 3.8) is 0 Å². The first kappa shape index (κ1) is 20.5. The molecular weight excluding hydrogens is 454 g/mol. The van der Waals surface area contributed by atoms with Gasteiger partial charge in [0.2, 0.25) is 5.91 Å². The molecular formula is C24H21Cl2FN2O3. The molecule has 6 rings (SSSR count). The number of amides is 1. The first-order valence-corrected chi connectivity index (χ1v) is 11.7. The number of anilines is 1. The lowest BCUT2D eigenvalue weighted by atomic mass is 9.70. The summed E-state index contributed by atoms with van der Waals surface area (Å²) in [6.45, 7) is 0.958. The summed E-state index contributed by atoms with van der Waals surface area (Å²) in [5, 5.41) is 3.44. The van der Waals surface area contributed by atoms with E-state index in [9.17, 15) is 9.59 Å². The number of hydrogen-bond donors (Lipinski definition) is 1. The van der Waals surface area contributed by atoms with Crippen LogP contribution in [0, 0.1) is 17.7 Å². The number of hydrogen-bond acceptors (Lipinski definition) is 4. The van der Waals surface area contributed by atoms with E-state index in [4.69, 9.17) is 27.9 Å². The quantitative estimate of drug-likeness (QED) is 0.653. The molecule has 8 heteroatoms. The predicted octanol–water partition coefficient (Wildman–Crippen LogP) is 4.72. The molecule has 0 aromatic heterocycles. The number of benzene rings is 2. The van der Waals surface area contributed by atoms with Crippen molar-refractivity contribution in [1.29, 1.82) is 0 Å². The van der Waals surface area contributed by atoms with Crippen LogP contribution < -0.4 is 5.32 Å². The molecule has 1 amide bonds. The van der Waals surface area contributed by atoms with Crippen molar-refractivity contribution in [1.82, 2.24) is 4.90 Å². The van der Waals surface area contributed by atoms with E-state index in [0.29, 0.717) is 29.6 Å². The van der Waals surface area contributed by atoms with Gasteiger partial charge in [0.25, 0.3) is 0 Å². The van der Waals surface area contributed by atoms with E-state index in [2.05, 4.69) is 10.2 Å². The van der Waals surface area contributed by atoms with Crippen LogP contribution in [0.2, 0.25) is 10.0 Å². The van der Waals surface area contributed by atoms with Crippen molar-refractivity contribution >= 4 is 40.8 Å². The Balaban J connectivity index is 1.65. The molecule has 2 aromatic rings. The number of nitrogens with one attached hydrogen (secondary N) is 1. The van der Waals surface area contributed by atoms with E-state index >= 15 is 4.39 Å². The number of carbonyl (C=O) groups is 2. The third-order valence-electron chi connectivity index (χ3n) is 7.46. The lowest BCUT2D eigenvalue weighted by molar-refractivity contribution is -0.155. The zero-order valence-electron chi connectivity index (χ0n) is 17.1. The first-order valence-electron chi connectivity index (χ1n) is 10.9. The Kier molecular flexibility index (Phi) is 4.59. The third kappa shape index (κ3) is 2.72. The molecule has 1 saturated carbocycles. The second kappa shape index (κ2) is 7.17. The molecule has 0 unspecified atom stereocenters. The van der Waals surface area contributed by atoms with Crippen LogP contribution in [0.1, 0.15) is 36.3 Å². The summed E-state index contributed by atoms with van der Waals surface area (Å²) in [6, 6.07) is 9.82. The lowest BCUT2D eigenvalue weighted by Gasteiger charge is -2.40. The van der Waals surface area contributed by atoms with E-state index < -0.39 is 29.2 Å². The van der Waals surface area contributed by atoms with Gasteiger partial charge in [-0.1, -0.05) is 41.4 Å². The van der Waals surface area contributed by atoms with Crippen LogP contribution in [-0.4, -0.2) is 36.0 Å². The molecule has 2 saturated heterocycles. The number of rotatable bonds is 3. The summed E-state index contributed by atoms with van der Waals surface area (Å²) in [6.07, 6.45) is 2.76. The minimum atomic E-state index is -1.24. The number of ether oxygens (including phenoxy) is 1. The van der Waals surface area contributed by atoms with Crippen LogP contribution in [0.3, 0.4) is 0 Å². The van der Waals surface area contributed by atoms with Crippen molar-refractivity contribution in [3.05, 3.63) is 63.4 Å². The molecule has 3 heterocycles. The highest BCUT2D eigenvalue weighted by atomic mass is 35.5. The van der Waals surface area contributed by atoms with Crippen LogP contribution in [0.5, 0.6) is 0 Å². The maximum atomic E-state index is 15.5. The Morgan fingerprint density at radius 2 is 1.97 bits per heavy atom. The SMILES string of the molecule is O=C1OCC[C@H]2[C@@H]1[C@H](c1cccc(Cl)c1F)[C@]1(C(=O)Nc3cc(Cl)ccc31)N2CC1CC1. The zero-order chi connectivity index (χ0) is 22.2. The lowest BCUT2D eigenvalue weighted by Crippen LogP contribution is -2.53. The van der Waals surface area contributed by atoms with Gasteiger partial charge in [0, 0.05) is 34.8 Å². The van der Waals surface area contributed by atoms with Gasteiger partial charge in [-0.25, -0.2) is 4.39 Å². The van der Waals surface area contributed by atoms with Gasteiger partial charge in [0.15, 0.2) is 0 Å². The highest BCUT2D eigenvalue weighted by molar-refractivity contribution is 6.31. The van der Waals surface area contributed by atoms with Gasteiger partial charge in [-0.05, 0) is 48.9 Å². The number of likely N-dealkylation sites (tertiary alicyclic amines) is 1. The Hall–Kier alpha value is -2.15.